The molecule has 0 unspecified atom stereocenters. The highest BCUT2D eigenvalue weighted by molar-refractivity contribution is 8.00. The highest BCUT2D eigenvalue weighted by atomic mass is 32.2. The van der Waals surface area contributed by atoms with E-state index in [9.17, 15) is 63.3 Å². The van der Waals surface area contributed by atoms with Gasteiger partial charge in [-0.25, -0.2) is 0 Å². The summed E-state index contributed by atoms with van der Waals surface area (Å²) in [6.07, 6.45) is 2.82. The summed E-state index contributed by atoms with van der Waals surface area (Å²) in [5.41, 5.74) is 8.95. The van der Waals surface area contributed by atoms with Crippen LogP contribution in [0.1, 0.15) is 100 Å². The van der Waals surface area contributed by atoms with Crippen LogP contribution in [0.2, 0.25) is 0 Å². The number of pyridine rings is 1. The van der Waals surface area contributed by atoms with Crippen molar-refractivity contribution in [3.05, 3.63) is 198 Å². The van der Waals surface area contributed by atoms with Crippen LogP contribution in [0.15, 0.2) is 164 Å². The summed E-state index contributed by atoms with van der Waals surface area (Å²) in [6, 6.07) is 21.7. The number of hydrogen-bond donors (Lipinski definition) is 15. The summed E-state index contributed by atoms with van der Waals surface area (Å²) in [7, 11) is 5.22. The van der Waals surface area contributed by atoms with Crippen LogP contribution in [0, 0.1) is 11.8 Å². The molecule has 11 atom stereocenters. The maximum absolute atomic E-state index is 15.5. The largest absolute Gasteiger partial charge is 0.508 e. The second-order valence-corrected chi connectivity index (χ2v) is 33.6. The van der Waals surface area contributed by atoms with Crippen molar-refractivity contribution in [2.75, 3.05) is 59.3 Å². The summed E-state index contributed by atoms with van der Waals surface area (Å²) >= 11 is 0.827. The first-order valence-electron chi connectivity index (χ1n) is 42.1. The Bertz CT molecular complexity index is 5030. The van der Waals surface area contributed by atoms with Gasteiger partial charge in [-0.1, -0.05) is 157 Å². The third-order valence-corrected chi connectivity index (χ3v) is 22.5. The summed E-state index contributed by atoms with van der Waals surface area (Å²) in [5, 5.41) is 58.0. The molecule has 1 aliphatic heterocycles. The van der Waals surface area contributed by atoms with E-state index in [1.165, 1.54) is 103 Å². The molecule has 3 heterocycles. The maximum atomic E-state index is 15.5. The fourth-order valence-corrected chi connectivity index (χ4v) is 15.4. The van der Waals surface area contributed by atoms with Gasteiger partial charge in [0.15, 0.2) is 0 Å². The molecule has 5 aromatic carbocycles. The maximum Gasteiger partial charge on any atom is 0.305 e. The zero-order valence-electron chi connectivity index (χ0n) is 73.0. The van der Waals surface area contributed by atoms with Crippen LogP contribution >= 0.6 is 11.8 Å². The van der Waals surface area contributed by atoms with E-state index in [-0.39, 0.29) is 74.5 Å². The van der Waals surface area contributed by atoms with Crippen molar-refractivity contribution in [1.82, 2.24) is 82.7 Å². The fourth-order valence-electron chi connectivity index (χ4n) is 14.6. The van der Waals surface area contributed by atoms with Crippen LogP contribution < -0.4 is 58.9 Å². The Kier molecular flexibility index (Phi) is 37.9. The SMILES string of the molecule is CCCC[C@H]1C(=O)N(C)CC(=O)N[C@@H](CC(=O)O)C(=O)N[C@@H](C(C)C)C(=O)N[C@@H](Cc2cccnc2)C(=O)N[C@@H](Cc2ccc(O)cc2)C(=O)N(C)CC(=O)N[C@@H](Cc2c[nH]c3ccccc23)C(=O)N[C@@H](Cc2ccc(O)cc2)C(=O)N[C@@H](CC(C)C)C(=O)N[C@H](C(=O)NCC(N)=O)CSCC(=O)N[C@@H](Cc2ccccc2)C(=O)N(C)[C@@H](Cc2ccccc2)C(=O)N1C. The Morgan fingerprint density at radius 1 is 0.492 bits per heavy atom. The summed E-state index contributed by atoms with van der Waals surface area (Å²) in [5.74, 6) is -17.7. The first kappa shape index (κ1) is 99.7. The third kappa shape index (κ3) is 30.6. The molecular weight excluding hydrogens is 1670 g/mol. The second-order valence-electron chi connectivity index (χ2n) is 32.5. The lowest BCUT2D eigenvalue weighted by Gasteiger charge is -2.37. The number of carboxylic acid groups (broad SMARTS) is 1. The highest BCUT2D eigenvalue weighted by Crippen LogP contribution is 2.24. The molecule has 1 fully saturated rings. The van der Waals surface area contributed by atoms with Gasteiger partial charge in [-0.2, -0.15) is 0 Å². The number of aromatic nitrogens is 2. The van der Waals surface area contributed by atoms with Crippen LogP contribution in [0.3, 0.4) is 0 Å². The number of H-pyrrole nitrogens is 1. The van der Waals surface area contributed by atoms with Gasteiger partial charge in [0.1, 0.15) is 78.0 Å². The Morgan fingerprint density at radius 3 is 1.52 bits per heavy atom. The topological polar surface area (TPSA) is 522 Å². The number of phenolic OH excluding ortho intramolecular Hbond substituents is 2. The standard InChI is InChI=1S/C91H115N17O19S/c1-10-11-28-73-90(126)106(7)50-77(113)97-69(45-79(115)116)86(122)104-80(54(4)5)87(123)101-67(42-59-25-20-37-93-46-59)84(120)102-70(41-58-31-35-62(110)36-32-58)88(124)105(6)49-76(112)96-68(44-60-47-94-64-27-19-18-26-63(60)64)85(121)100-66(39-57-29-33-61(109)34-30-57)83(119)99-65(38-53(2)3)82(118)103-72(81(117)95-48-75(92)111)51-128-52-78(114)98-71(40-55-21-14-12-15-22-55)89(125)108(9)74(91(127)107(73)8)43-56-23-16-13-17-24-56/h12-27,29-37,46-47,53-54,65-74,80,94,109-110H,10-11,28,38-45,48-52H2,1-9H3,(H2,92,111)(H,95,117)(H,96,112)(H,97,113)(H,98,114)(H,99,119)(H,100,121)(H,101,123)(H,102,120)(H,103,118)(H,104,122)(H,115,116)/t65-,66-,67-,68-,69-,70-,71-,72-,73-,74-,80-/m0/s1. The molecule has 684 valence electrons. The summed E-state index contributed by atoms with van der Waals surface area (Å²) in [4.78, 5) is 245. The quantitative estimate of drug-likeness (QED) is 0.0430. The molecule has 7 aromatic rings. The number of unbranched alkanes of at least 4 members (excludes halogenated alkanes) is 1. The van der Waals surface area contributed by atoms with Crippen molar-refractivity contribution in [3.63, 3.8) is 0 Å². The fraction of sp³-hybridized carbons (Fsp3) is 0.418. The number of nitrogens with zero attached hydrogens (tertiary/aromatic N) is 5. The number of carbonyl (C=O) groups excluding carboxylic acids is 15. The van der Waals surface area contributed by atoms with Crippen LogP contribution in [-0.2, 0) is 115 Å². The summed E-state index contributed by atoms with van der Waals surface area (Å²) in [6.45, 7) is 6.08. The van der Waals surface area contributed by atoms with Crippen molar-refractivity contribution >= 4 is 117 Å². The van der Waals surface area contributed by atoms with Crippen LogP contribution in [-0.4, -0.2) is 265 Å². The molecule has 37 heteroatoms. The van der Waals surface area contributed by atoms with Crippen molar-refractivity contribution < 1.29 is 92.0 Å². The van der Waals surface area contributed by atoms with E-state index in [2.05, 4.69) is 63.1 Å². The van der Waals surface area contributed by atoms with Crippen LogP contribution in [0.25, 0.3) is 10.9 Å². The lowest BCUT2D eigenvalue weighted by Crippen LogP contribution is -2.61. The van der Waals surface area contributed by atoms with Gasteiger partial charge in [-0.15, -0.1) is 11.8 Å². The molecule has 0 radical (unpaired) electrons. The molecule has 1 saturated heterocycles. The van der Waals surface area contributed by atoms with Gasteiger partial charge in [-0.3, -0.25) is 81.7 Å². The van der Waals surface area contributed by atoms with Crippen LogP contribution in [0.5, 0.6) is 11.5 Å². The van der Waals surface area contributed by atoms with Crippen molar-refractivity contribution in [3.8, 4) is 11.5 Å². The van der Waals surface area contributed by atoms with E-state index < -0.39 is 199 Å². The van der Waals surface area contributed by atoms with Gasteiger partial charge in [0, 0.05) is 102 Å². The zero-order chi connectivity index (χ0) is 93.4. The lowest BCUT2D eigenvalue weighted by atomic mass is 9.99. The van der Waals surface area contributed by atoms with Gasteiger partial charge in [-0.05, 0) is 94.5 Å². The van der Waals surface area contributed by atoms with Gasteiger partial charge >= 0.3 is 5.97 Å². The molecule has 1 aliphatic rings. The number of likely N-dealkylation sites (N-methyl/N-ethyl adjacent to an activating group) is 4. The van der Waals surface area contributed by atoms with E-state index in [4.69, 9.17) is 5.73 Å². The Balaban J connectivity index is 1.20. The average Bonchev–Trinajstić information content (AvgIpc) is 1.75. The number of aliphatic carboxylic acids is 1. The predicted molar refractivity (Wildman–Crippen MR) is 475 cm³/mol. The number of carboxylic acids is 1. The molecule has 0 saturated carbocycles. The predicted octanol–water partition coefficient (Wildman–Crippen LogP) is 1.38. The minimum absolute atomic E-state index is 0.0264. The average molecular weight is 1780 g/mol. The molecule has 0 spiro atoms. The lowest BCUT2D eigenvalue weighted by molar-refractivity contribution is -0.151. The van der Waals surface area contributed by atoms with Crippen molar-refractivity contribution in [1.29, 1.82) is 0 Å². The number of aromatic hydroxyl groups is 2. The minimum atomic E-state index is -1.91. The van der Waals surface area contributed by atoms with E-state index in [0.717, 1.165) is 31.4 Å². The molecular formula is C91H115N17O19S. The molecule has 0 aliphatic carbocycles. The molecule has 0 bridgehead atoms. The Morgan fingerprint density at radius 2 is 0.961 bits per heavy atom. The van der Waals surface area contributed by atoms with E-state index in [1.54, 1.807) is 117 Å². The number of nitrogens with two attached hydrogens (primary N) is 1. The first-order chi connectivity index (χ1) is 60.9. The van der Waals surface area contributed by atoms with Gasteiger partial charge < -0.3 is 98.8 Å². The number of hydrogen-bond acceptors (Lipinski definition) is 20. The van der Waals surface area contributed by atoms with Crippen LogP contribution in [0.4, 0.5) is 0 Å². The monoisotopic (exact) mass is 1780 g/mol. The second kappa shape index (κ2) is 48.7. The molecule has 16 N–H and O–H groups in total. The van der Waals surface area contributed by atoms with Gasteiger partial charge in [0.25, 0.3) is 0 Å². The molecule has 15 amide bonds. The number of rotatable bonds is 23. The summed E-state index contributed by atoms with van der Waals surface area (Å²) < 4.78 is 0. The number of amides is 15. The number of fused-ring (bicyclic) bond motifs is 1. The minimum Gasteiger partial charge on any atom is -0.508 e. The third-order valence-electron chi connectivity index (χ3n) is 21.5. The number of benzene rings is 5. The van der Waals surface area contributed by atoms with Crippen molar-refractivity contribution in [2.45, 2.75) is 172 Å². The zero-order valence-corrected chi connectivity index (χ0v) is 73.8. The van der Waals surface area contributed by atoms with Crippen molar-refractivity contribution in [2.24, 2.45) is 17.6 Å². The number of phenols is 2. The van der Waals surface area contributed by atoms with E-state index in [0.29, 0.717) is 57.1 Å². The normalized spacial score (nSPS) is 21.9. The highest BCUT2D eigenvalue weighted by Gasteiger charge is 2.41. The number of para-hydroxylation sites is 1. The first-order valence-corrected chi connectivity index (χ1v) is 43.3. The molecule has 128 heavy (non-hydrogen) atoms. The Hall–Kier alpha value is -13.7. The molecule has 2 aromatic heterocycles. The van der Waals surface area contributed by atoms with E-state index >= 15 is 28.8 Å². The number of aromatic amines is 1. The molecule has 36 nitrogen and oxygen atoms in total. The van der Waals surface area contributed by atoms with Gasteiger partial charge in [0.2, 0.25) is 88.6 Å². The molecule has 8 rings (SSSR count). The number of primary amides is 1. The van der Waals surface area contributed by atoms with Gasteiger partial charge in [0.05, 0.1) is 31.8 Å². The van der Waals surface area contributed by atoms with E-state index in [1.807, 2.05) is 6.92 Å². The number of thioether (sulfide) groups is 1. The Labute approximate surface area is 745 Å². The smallest absolute Gasteiger partial charge is 0.305 e. The number of carbonyl (C=O) groups is 16. The number of nitrogens with one attached hydrogen (secondary N) is 11.